The SMILES string of the molecule is Cc1ccc2c(c1)C=C(c1ccco1)C2P1C2=CC=CC2=CC1C.[Cl-].[Cl-].[Zr+2]. The van der Waals surface area contributed by atoms with Gasteiger partial charge in [-0.25, -0.2) is 0 Å². The Balaban J connectivity index is 0.000000871. The molecule has 1 aromatic carbocycles. The third kappa shape index (κ3) is 3.67. The van der Waals surface area contributed by atoms with Crippen molar-refractivity contribution in [2.24, 2.45) is 0 Å². The van der Waals surface area contributed by atoms with E-state index in [0.29, 0.717) is 11.3 Å². The first-order valence-corrected chi connectivity index (χ1v) is 9.95. The van der Waals surface area contributed by atoms with E-state index in [1.807, 2.05) is 6.07 Å². The van der Waals surface area contributed by atoms with Crippen molar-refractivity contribution in [2.75, 3.05) is 0 Å². The number of fused-ring (bicyclic) bond motifs is 2. The minimum atomic E-state index is -0.310. The van der Waals surface area contributed by atoms with E-state index in [0.717, 1.165) is 5.76 Å². The molecule has 0 N–H and O–H groups in total. The largest absolute Gasteiger partial charge is 2.00 e. The van der Waals surface area contributed by atoms with Crippen LogP contribution in [0.2, 0.25) is 0 Å². The minimum Gasteiger partial charge on any atom is -1.00 e. The summed E-state index contributed by atoms with van der Waals surface area (Å²) in [4.78, 5) is 0. The zero-order valence-corrected chi connectivity index (χ0v) is 20.0. The van der Waals surface area contributed by atoms with Crippen molar-refractivity contribution >= 4 is 19.6 Å². The maximum absolute atomic E-state index is 5.81. The summed E-state index contributed by atoms with van der Waals surface area (Å²) in [7, 11) is -0.310. The molecule has 1 aliphatic heterocycles. The van der Waals surface area contributed by atoms with E-state index in [1.165, 1.54) is 27.8 Å². The smallest absolute Gasteiger partial charge is 1.00 e. The van der Waals surface area contributed by atoms with Crippen LogP contribution in [0, 0.1) is 6.92 Å². The molecule has 2 aliphatic carbocycles. The summed E-state index contributed by atoms with van der Waals surface area (Å²) in [6, 6.07) is 11.0. The number of benzene rings is 1. The number of allylic oxidation sites excluding steroid dienone is 7. The van der Waals surface area contributed by atoms with Gasteiger partial charge in [-0.3, -0.25) is 0 Å². The predicted octanol–water partition coefficient (Wildman–Crippen LogP) is 0.453. The quantitative estimate of drug-likeness (QED) is 0.556. The fourth-order valence-electron chi connectivity index (χ4n) is 4.16. The van der Waals surface area contributed by atoms with Gasteiger partial charge in [-0.15, -0.1) is 0 Å². The van der Waals surface area contributed by atoms with Gasteiger partial charge in [0.25, 0.3) is 0 Å². The number of hydrogen-bond acceptors (Lipinski definition) is 1. The Kier molecular flexibility index (Phi) is 7.37. The molecule has 0 fully saturated rings. The Bertz CT molecular complexity index is 957. The molecule has 3 unspecified atom stereocenters. The number of hydrogen-bond donors (Lipinski definition) is 0. The summed E-state index contributed by atoms with van der Waals surface area (Å²) in [5.74, 6) is 1.02. The number of furan rings is 1. The fourth-order valence-corrected chi connectivity index (χ4v) is 7.42. The molecule has 136 valence electrons. The van der Waals surface area contributed by atoms with Crippen LogP contribution in [0.5, 0.6) is 0 Å². The van der Waals surface area contributed by atoms with Gasteiger partial charge in [-0.2, -0.15) is 0 Å². The number of rotatable bonds is 2. The van der Waals surface area contributed by atoms with Gasteiger partial charge >= 0.3 is 26.2 Å². The maximum Gasteiger partial charge on any atom is 2.00 e. The van der Waals surface area contributed by atoms with Crippen LogP contribution in [0.25, 0.3) is 11.6 Å². The normalized spacial score (nSPS) is 23.9. The second-order valence-electron chi connectivity index (χ2n) is 6.79. The summed E-state index contributed by atoms with van der Waals surface area (Å²) in [5.41, 5.74) is 7.96. The molecule has 3 atom stereocenters. The monoisotopic (exact) mass is 490 g/mol. The van der Waals surface area contributed by atoms with Crippen molar-refractivity contribution in [3.05, 3.63) is 94.2 Å². The molecule has 0 amide bonds. The Labute approximate surface area is 193 Å². The molecule has 0 saturated carbocycles. The van der Waals surface area contributed by atoms with Gasteiger partial charge < -0.3 is 29.2 Å². The second-order valence-corrected chi connectivity index (χ2v) is 9.42. The van der Waals surface area contributed by atoms with Gasteiger partial charge in [0, 0.05) is 16.9 Å². The third-order valence-electron chi connectivity index (χ3n) is 5.19. The van der Waals surface area contributed by atoms with E-state index >= 15 is 0 Å². The summed E-state index contributed by atoms with van der Waals surface area (Å²) in [5, 5.41) is 1.55. The molecule has 5 heteroatoms. The van der Waals surface area contributed by atoms with Crippen molar-refractivity contribution < 1.29 is 55.4 Å². The van der Waals surface area contributed by atoms with E-state index in [2.05, 4.69) is 68.5 Å². The zero-order chi connectivity index (χ0) is 16.3. The topological polar surface area (TPSA) is 13.1 Å². The first kappa shape index (κ1) is 22.6. The van der Waals surface area contributed by atoms with Crippen LogP contribution >= 0.6 is 7.92 Å². The Hall–Kier alpha value is -0.647. The minimum absolute atomic E-state index is 0. The van der Waals surface area contributed by atoms with Gasteiger partial charge in [0.1, 0.15) is 5.76 Å². The number of halogens is 2. The van der Waals surface area contributed by atoms with Gasteiger partial charge in [-0.05, 0) is 47.1 Å². The first-order chi connectivity index (χ1) is 11.7. The first-order valence-electron chi connectivity index (χ1n) is 8.47. The summed E-state index contributed by atoms with van der Waals surface area (Å²) >= 11 is 0. The third-order valence-corrected chi connectivity index (χ3v) is 8.29. The Morgan fingerprint density at radius 3 is 2.67 bits per heavy atom. The average Bonchev–Trinajstić information content (AvgIpc) is 3.29. The van der Waals surface area contributed by atoms with Gasteiger partial charge in [0.15, 0.2) is 0 Å². The fraction of sp³-hybridized carbons (Fsp3) is 0.182. The van der Waals surface area contributed by atoms with Crippen molar-refractivity contribution in [2.45, 2.75) is 25.2 Å². The molecular formula is C22H19Cl2OPZr. The van der Waals surface area contributed by atoms with Crippen LogP contribution in [-0.4, -0.2) is 5.66 Å². The van der Waals surface area contributed by atoms with Crippen LogP contribution in [-0.2, 0) is 26.2 Å². The molecule has 0 radical (unpaired) electrons. The molecule has 3 aliphatic rings. The zero-order valence-electron chi connectivity index (χ0n) is 15.1. The van der Waals surface area contributed by atoms with Crippen molar-refractivity contribution in [1.82, 2.24) is 0 Å². The molecule has 1 nitrogen and oxygen atoms in total. The molecule has 0 bridgehead atoms. The van der Waals surface area contributed by atoms with Crippen LogP contribution in [0.1, 0.15) is 35.0 Å². The van der Waals surface area contributed by atoms with E-state index in [1.54, 1.807) is 11.6 Å². The molecular weight excluding hydrogens is 473 g/mol. The van der Waals surface area contributed by atoms with Gasteiger partial charge in [0.2, 0.25) is 0 Å². The van der Waals surface area contributed by atoms with Crippen molar-refractivity contribution in [3.63, 3.8) is 0 Å². The summed E-state index contributed by atoms with van der Waals surface area (Å²) in [6.07, 6.45) is 13.4. The molecule has 1 aromatic heterocycles. The van der Waals surface area contributed by atoms with Crippen LogP contribution in [0.3, 0.4) is 0 Å². The maximum atomic E-state index is 5.81. The molecule has 5 rings (SSSR count). The Morgan fingerprint density at radius 2 is 1.93 bits per heavy atom. The van der Waals surface area contributed by atoms with E-state index in [9.17, 15) is 0 Å². The van der Waals surface area contributed by atoms with E-state index < -0.39 is 0 Å². The average molecular weight is 492 g/mol. The molecule has 2 aromatic rings. The van der Waals surface area contributed by atoms with Gasteiger partial charge in [0.05, 0.1) is 6.26 Å². The summed E-state index contributed by atoms with van der Waals surface area (Å²) in [6.45, 7) is 4.54. The van der Waals surface area contributed by atoms with Gasteiger partial charge in [-0.1, -0.05) is 62.9 Å². The van der Waals surface area contributed by atoms with Crippen molar-refractivity contribution in [3.8, 4) is 0 Å². The molecule has 0 saturated heterocycles. The van der Waals surface area contributed by atoms with Crippen LogP contribution in [0.4, 0.5) is 0 Å². The van der Waals surface area contributed by atoms with E-state index in [4.69, 9.17) is 4.42 Å². The molecule has 2 heterocycles. The number of aryl methyl sites for hydroxylation is 1. The van der Waals surface area contributed by atoms with Crippen LogP contribution < -0.4 is 24.8 Å². The molecule has 0 spiro atoms. The predicted molar refractivity (Wildman–Crippen MR) is 102 cm³/mol. The summed E-state index contributed by atoms with van der Waals surface area (Å²) < 4.78 is 5.81. The second kappa shape index (κ2) is 8.79. The Morgan fingerprint density at radius 1 is 1.11 bits per heavy atom. The van der Waals surface area contributed by atoms with Crippen LogP contribution in [0.15, 0.2) is 76.2 Å². The standard InChI is InChI=1S/C22H19OP.2ClH.Zr/c1-14-8-9-18-17(11-14)13-19(20-6-4-10-23-20)22(18)24-15(2)12-16-5-3-7-21(16)24;;;/h3-13,15,22H,1-2H3;2*1H;/q;;;+2/p-2. The van der Waals surface area contributed by atoms with E-state index in [-0.39, 0.29) is 58.9 Å². The van der Waals surface area contributed by atoms with Crippen molar-refractivity contribution in [1.29, 1.82) is 0 Å². The molecule has 27 heavy (non-hydrogen) atoms.